The minimum absolute atomic E-state index is 0.147. The van der Waals surface area contributed by atoms with Crippen molar-refractivity contribution in [3.05, 3.63) is 63.5 Å². The summed E-state index contributed by atoms with van der Waals surface area (Å²) in [6, 6.07) is 9.83. The molecule has 1 aliphatic rings. The molecule has 1 fully saturated rings. The van der Waals surface area contributed by atoms with E-state index in [4.69, 9.17) is 4.98 Å². The minimum Gasteiger partial charge on any atom is -0.507 e. The first kappa shape index (κ1) is 29.9. The maximum absolute atomic E-state index is 12.9. The zero-order valence-electron chi connectivity index (χ0n) is 23.9. The number of hydrogen-bond donors (Lipinski definition) is 1. The Labute approximate surface area is 238 Å². The normalized spacial score (nSPS) is 15.4. The fourth-order valence-electron chi connectivity index (χ4n) is 5.06. The van der Waals surface area contributed by atoms with Crippen molar-refractivity contribution in [2.24, 2.45) is 0 Å². The fraction of sp³-hybridized carbons (Fsp3) is 0.484. The lowest BCUT2D eigenvalue weighted by molar-refractivity contribution is -0.274. The van der Waals surface area contributed by atoms with Crippen LogP contribution < -0.4 is 4.74 Å². The maximum atomic E-state index is 12.9. The molecule has 3 aromatic rings. The standard InChI is InChI=1S/C31H37F3N2O3S/c1-29(2,3)22-15-21(16-23(27(22)38)30(4,5)6)24-18-40-28(35-24)19-11-13-36(14-12-19)26(37)17-20-9-7-8-10-25(20)39-31(32,33)34/h7-10,15-16,18-19,38H,11-14,17H2,1-6H3. The van der Waals surface area contributed by atoms with E-state index in [2.05, 4.69) is 51.7 Å². The second-order valence-corrected chi connectivity index (χ2v) is 13.4. The molecule has 0 radical (unpaired) electrons. The van der Waals surface area contributed by atoms with Crippen LogP contribution in [0.1, 0.15) is 82.0 Å². The summed E-state index contributed by atoms with van der Waals surface area (Å²) in [6.45, 7) is 13.5. The van der Waals surface area contributed by atoms with Gasteiger partial charge in [0.2, 0.25) is 5.91 Å². The molecule has 5 nitrogen and oxygen atoms in total. The van der Waals surface area contributed by atoms with E-state index in [0.717, 1.165) is 40.2 Å². The van der Waals surface area contributed by atoms with Gasteiger partial charge in [0.15, 0.2) is 0 Å². The van der Waals surface area contributed by atoms with Crippen LogP contribution in [-0.2, 0) is 22.0 Å². The van der Waals surface area contributed by atoms with Gasteiger partial charge in [-0.25, -0.2) is 4.98 Å². The first-order chi connectivity index (χ1) is 18.5. The highest BCUT2D eigenvalue weighted by molar-refractivity contribution is 7.10. The summed E-state index contributed by atoms with van der Waals surface area (Å²) in [6.07, 6.45) is -3.50. The number of nitrogens with zero attached hydrogens (tertiary/aromatic N) is 2. The van der Waals surface area contributed by atoms with Gasteiger partial charge in [0.05, 0.1) is 17.1 Å². The third kappa shape index (κ3) is 6.97. The summed E-state index contributed by atoms with van der Waals surface area (Å²) in [4.78, 5) is 19.6. The van der Waals surface area contributed by atoms with Crippen LogP contribution in [0.3, 0.4) is 0 Å². The Morgan fingerprint density at radius 2 is 1.60 bits per heavy atom. The van der Waals surface area contributed by atoms with E-state index in [-0.39, 0.29) is 40.4 Å². The summed E-state index contributed by atoms with van der Waals surface area (Å²) in [5, 5.41) is 14.1. The average molecular weight is 575 g/mol. The van der Waals surface area contributed by atoms with Crippen LogP contribution in [0.5, 0.6) is 11.5 Å². The van der Waals surface area contributed by atoms with Crippen molar-refractivity contribution < 1.29 is 27.8 Å². The van der Waals surface area contributed by atoms with Gasteiger partial charge in [0, 0.05) is 46.6 Å². The number of para-hydroxylation sites is 1. The predicted octanol–water partition coefficient (Wildman–Crippen LogP) is 7.96. The highest BCUT2D eigenvalue weighted by atomic mass is 32.1. The van der Waals surface area contributed by atoms with Gasteiger partial charge in [0.25, 0.3) is 0 Å². The van der Waals surface area contributed by atoms with Crippen molar-refractivity contribution in [1.82, 2.24) is 9.88 Å². The lowest BCUT2D eigenvalue weighted by atomic mass is 9.78. The minimum atomic E-state index is -4.81. The Kier molecular flexibility index (Phi) is 8.28. The summed E-state index contributed by atoms with van der Waals surface area (Å²) in [5.41, 5.74) is 3.36. The van der Waals surface area contributed by atoms with Crippen molar-refractivity contribution >= 4 is 17.2 Å². The second-order valence-electron chi connectivity index (χ2n) is 12.5. The van der Waals surface area contributed by atoms with Crippen LogP contribution in [0.4, 0.5) is 13.2 Å². The number of carbonyl (C=O) groups is 1. The molecule has 9 heteroatoms. The van der Waals surface area contributed by atoms with Crippen LogP contribution in [0.15, 0.2) is 41.8 Å². The van der Waals surface area contributed by atoms with Crippen molar-refractivity contribution in [1.29, 1.82) is 0 Å². The zero-order valence-corrected chi connectivity index (χ0v) is 24.7. The fourth-order valence-corrected chi connectivity index (χ4v) is 6.06. The van der Waals surface area contributed by atoms with Gasteiger partial charge in [-0.1, -0.05) is 59.7 Å². The first-order valence-corrected chi connectivity index (χ1v) is 14.4. The number of ether oxygens (including phenoxy) is 1. The molecular formula is C31H37F3N2O3S. The number of rotatable bonds is 5. The molecule has 0 aliphatic carbocycles. The third-order valence-corrected chi connectivity index (χ3v) is 8.29. The molecule has 0 spiro atoms. The number of hydrogen-bond acceptors (Lipinski definition) is 5. The van der Waals surface area contributed by atoms with Crippen molar-refractivity contribution in [3.8, 4) is 22.8 Å². The number of benzene rings is 2. The number of piperidine rings is 1. The second kappa shape index (κ2) is 11.1. The molecule has 216 valence electrons. The molecule has 0 saturated carbocycles. The molecule has 1 aromatic heterocycles. The van der Waals surface area contributed by atoms with E-state index < -0.39 is 6.36 Å². The molecule has 1 saturated heterocycles. The molecule has 1 N–H and O–H groups in total. The molecule has 0 bridgehead atoms. The molecule has 40 heavy (non-hydrogen) atoms. The van der Waals surface area contributed by atoms with Crippen LogP contribution in [0.25, 0.3) is 11.3 Å². The van der Waals surface area contributed by atoms with Gasteiger partial charge in [-0.05, 0) is 41.9 Å². The lowest BCUT2D eigenvalue weighted by Gasteiger charge is -2.31. The number of thiazole rings is 1. The molecule has 1 aliphatic heterocycles. The highest BCUT2D eigenvalue weighted by Crippen LogP contribution is 2.43. The van der Waals surface area contributed by atoms with E-state index in [1.165, 1.54) is 18.2 Å². The SMILES string of the molecule is CC(C)(C)c1cc(-c2csc(C3CCN(C(=O)Cc4ccccc4OC(F)(F)F)CC3)n2)cc(C(C)(C)C)c1O. The van der Waals surface area contributed by atoms with Gasteiger partial charge in [0.1, 0.15) is 11.5 Å². The number of halogens is 3. The Hall–Kier alpha value is -3.07. The van der Waals surface area contributed by atoms with Gasteiger partial charge in [-0.15, -0.1) is 24.5 Å². The Morgan fingerprint density at radius 1 is 1.02 bits per heavy atom. The van der Waals surface area contributed by atoms with E-state index in [1.807, 2.05) is 12.1 Å². The summed E-state index contributed by atoms with van der Waals surface area (Å²) >= 11 is 1.60. The van der Waals surface area contributed by atoms with Crippen molar-refractivity contribution in [2.75, 3.05) is 13.1 Å². The van der Waals surface area contributed by atoms with E-state index >= 15 is 0 Å². The number of phenols is 1. The number of carbonyl (C=O) groups excluding carboxylic acids is 1. The molecule has 0 atom stereocenters. The predicted molar refractivity (Wildman–Crippen MR) is 152 cm³/mol. The highest BCUT2D eigenvalue weighted by Gasteiger charge is 2.33. The van der Waals surface area contributed by atoms with Crippen LogP contribution in [-0.4, -0.2) is 40.3 Å². The topological polar surface area (TPSA) is 62.7 Å². The third-order valence-electron chi connectivity index (χ3n) is 7.28. The van der Waals surface area contributed by atoms with E-state index in [9.17, 15) is 23.1 Å². The Bertz CT molecular complexity index is 1330. The summed E-state index contributed by atoms with van der Waals surface area (Å²) in [7, 11) is 0. The molecule has 4 rings (SSSR count). The van der Waals surface area contributed by atoms with Gasteiger partial charge < -0.3 is 14.7 Å². The quantitative estimate of drug-likeness (QED) is 0.336. The van der Waals surface area contributed by atoms with Crippen LogP contribution >= 0.6 is 11.3 Å². The number of alkyl halides is 3. The van der Waals surface area contributed by atoms with Crippen LogP contribution in [0, 0.1) is 0 Å². The molecule has 2 aromatic carbocycles. The summed E-state index contributed by atoms with van der Waals surface area (Å²) < 4.78 is 42.4. The number of phenolic OH excluding ortho intramolecular Hbond substituents is 1. The molecule has 2 heterocycles. The van der Waals surface area contributed by atoms with E-state index in [0.29, 0.717) is 18.8 Å². The maximum Gasteiger partial charge on any atom is 0.573 e. The van der Waals surface area contributed by atoms with Gasteiger partial charge >= 0.3 is 6.36 Å². The molecule has 0 unspecified atom stereocenters. The molecular weight excluding hydrogens is 537 g/mol. The van der Waals surface area contributed by atoms with Gasteiger partial charge in [-0.3, -0.25) is 4.79 Å². The zero-order chi connectivity index (χ0) is 29.5. The van der Waals surface area contributed by atoms with Crippen LogP contribution in [0.2, 0.25) is 0 Å². The number of amides is 1. The smallest absolute Gasteiger partial charge is 0.507 e. The average Bonchev–Trinajstić information content (AvgIpc) is 3.33. The summed E-state index contributed by atoms with van der Waals surface area (Å²) in [5.74, 6) is -0.0224. The lowest BCUT2D eigenvalue weighted by Crippen LogP contribution is -2.38. The van der Waals surface area contributed by atoms with E-state index in [1.54, 1.807) is 22.3 Å². The number of aromatic nitrogens is 1. The van der Waals surface area contributed by atoms with Crippen molar-refractivity contribution in [3.63, 3.8) is 0 Å². The largest absolute Gasteiger partial charge is 0.573 e. The van der Waals surface area contributed by atoms with Gasteiger partial charge in [-0.2, -0.15) is 0 Å². The first-order valence-electron chi connectivity index (χ1n) is 13.5. The Balaban J connectivity index is 1.46. The number of aromatic hydroxyl groups is 1. The molecule has 1 amide bonds. The monoisotopic (exact) mass is 574 g/mol. The Morgan fingerprint density at radius 3 is 2.15 bits per heavy atom. The van der Waals surface area contributed by atoms with Crippen molar-refractivity contribution in [2.45, 2.75) is 83.9 Å². The number of likely N-dealkylation sites (tertiary alicyclic amines) is 1.